The van der Waals surface area contributed by atoms with E-state index in [4.69, 9.17) is 15.5 Å². The SMILES string of the molecule is C/C(=N\O)c1cc(C)ccn1.CC(=O)c1cc(C)ccn1.CCO.Cc1ccnc(-c2ccc[nH]2)c1.NO.[K+].[OH-]. The summed E-state index contributed by atoms with van der Waals surface area (Å²) in [6.45, 7) is 11.1. The third kappa shape index (κ3) is 17.8. The van der Waals surface area contributed by atoms with Crippen molar-refractivity contribution in [2.45, 2.75) is 41.5 Å². The van der Waals surface area contributed by atoms with Crippen LogP contribution in [-0.2, 0) is 0 Å². The number of nitrogens with two attached hydrogens (primary N) is 1. The Morgan fingerprint density at radius 3 is 1.70 bits per heavy atom. The second-order valence-electron chi connectivity index (χ2n) is 7.80. The van der Waals surface area contributed by atoms with Gasteiger partial charge in [-0.1, -0.05) is 5.16 Å². The predicted octanol–water partition coefficient (Wildman–Crippen LogP) is 1.73. The van der Waals surface area contributed by atoms with Crippen molar-refractivity contribution in [3.05, 3.63) is 101 Å². The van der Waals surface area contributed by atoms with E-state index in [2.05, 4.69) is 44.0 Å². The number of nitrogens with zero attached hydrogens (tertiary/aromatic N) is 4. The molecule has 0 saturated carbocycles. The number of aryl methyl sites for hydroxylation is 3. The van der Waals surface area contributed by atoms with Gasteiger partial charge in [0.25, 0.3) is 0 Å². The van der Waals surface area contributed by atoms with E-state index in [0.29, 0.717) is 17.1 Å². The van der Waals surface area contributed by atoms with Crippen molar-refractivity contribution in [1.29, 1.82) is 0 Å². The van der Waals surface area contributed by atoms with Gasteiger partial charge >= 0.3 is 51.4 Å². The largest absolute Gasteiger partial charge is 1.00 e. The van der Waals surface area contributed by atoms with Crippen LogP contribution in [0.25, 0.3) is 11.4 Å². The van der Waals surface area contributed by atoms with Crippen molar-refractivity contribution in [1.82, 2.24) is 19.9 Å². The van der Waals surface area contributed by atoms with Crippen molar-refractivity contribution in [2.75, 3.05) is 6.61 Å². The van der Waals surface area contributed by atoms with Crippen LogP contribution in [0.4, 0.5) is 0 Å². The van der Waals surface area contributed by atoms with Crippen molar-refractivity contribution >= 4 is 11.5 Å². The van der Waals surface area contributed by atoms with Crippen molar-refractivity contribution < 1.29 is 77.2 Å². The molecule has 4 aromatic heterocycles. The standard InChI is InChI=1S/C10H10N2.C8H10N2O.C8H9NO.C2H6O.K.H3NO.H2O/c1-8-4-6-12-10(7-8)9-3-2-5-11-9;1-6-3-4-9-8(5-6)7(2)10-11;1-6-3-4-9-8(5-6)7(2)10;1-2-3;;1-2;/h2-7,11H,1H3;3-5,11H,1-2H3;3-5H,1-2H3;3H,2H2,1H3;;2H,1H2;1H2/q;;;;+1;;/p-1/b;10-7+;;;;;. The fourth-order valence-corrected chi connectivity index (χ4v) is 2.69. The maximum absolute atomic E-state index is 10.7. The first-order valence-corrected chi connectivity index (χ1v) is 11.7. The molecule has 4 aromatic rings. The Kier molecular flexibility index (Phi) is 26.5. The first-order valence-electron chi connectivity index (χ1n) is 11.7. The minimum Gasteiger partial charge on any atom is -0.870 e. The Hall–Kier alpha value is -2.65. The number of oxime groups is 1. The number of pyridine rings is 3. The zero-order valence-electron chi connectivity index (χ0n) is 24.2. The van der Waals surface area contributed by atoms with Gasteiger partial charge in [0.2, 0.25) is 0 Å². The Bertz CT molecular complexity index is 1240. The van der Waals surface area contributed by atoms with E-state index in [9.17, 15) is 4.79 Å². The number of rotatable bonds is 3. The molecule has 7 N–H and O–H groups in total. The van der Waals surface area contributed by atoms with Gasteiger partial charge in [-0.3, -0.25) is 19.7 Å². The predicted molar refractivity (Wildman–Crippen MR) is 151 cm³/mol. The summed E-state index contributed by atoms with van der Waals surface area (Å²) in [5, 5.41) is 25.6. The second kappa shape index (κ2) is 25.3. The van der Waals surface area contributed by atoms with E-state index in [0.717, 1.165) is 22.5 Å². The molecule has 40 heavy (non-hydrogen) atoms. The Morgan fingerprint density at radius 1 is 0.875 bits per heavy atom. The number of aliphatic hydroxyl groups is 1. The first-order chi connectivity index (χ1) is 18.2. The zero-order valence-corrected chi connectivity index (χ0v) is 27.3. The molecule has 0 aliphatic carbocycles. The van der Waals surface area contributed by atoms with Gasteiger partial charge in [0.15, 0.2) is 5.78 Å². The molecule has 0 aromatic carbocycles. The van der Waals surface area contributed by atoms with Crippen molar-refractivity contribution in [2.24, 2.45) is 11.1 Å². The summed E-state index contributed by atoms with van der Waals surface area (Å²) in [5.41, 5.74) is 7.27. The number of aromatic amines is 1. The summed E-state index contributed by atoms with van der Waals surface area (Å²) in [5.74, 6) is 3.52. The van der Waals surface area contributed by atoms with Crippen LogP contribution >= 0.6 is 0 Å². The van der Waals surface area contributed by atoms with Gasteiger partial charge in [-0.15, -0.1) is 0 Å². The molecule has 12 heteroatoms. The molecule has 0 spiro atoms. The topological polar surface area (TPSA) is 201 Å². The Morgan fingerprint density at radius 2 is 1.32 bits per heavy atom. The number of aliphatic hydroxyl groups excluding tert-OH is 1. The van der Waals surface area contributed by atoms with Crippen molar-refractivity contribution in [3.8, 4) is 11.4 Å². The molecule has 11 nitrogen and oxygen atoms in total. The van der Waals surface area contributed by atoms with Crippen LogP contribution in [0.2, 0.25) is 0 Å². The number of H-pyrrole nitrogens is 1. The molecule has 0 amide bonds. The fourth-order valence-electron chi connectivity index (χ4n) is 2.69. The maximum atomic E-state index is 10.7. The second-order valence-corrected chi connectivity index (χ2v) is 7.80. The number of carbonyl (C=O) groups excluding carboxylic acids is 1. The zero-order chi connectivity index (χ0) is 28.9. The van der Waals surface area contributed by atoms with Gasteiger partial charge in [0.1, 0.15) is 11.4 Å². The summed E-state index contributed by atoms with van der Waals surface area (Å²) in [6, 6.07) is 15.5. The maximum Gasteiger partial charge on any atom is 1.00 e. The van der Waals surface area contributed by atoms with Crippen LogP contribution < -0.4 is 57.3 Å². The molecular formula is C28H39KN6O5. The van der Waals surface area contributed by atoms with Crippen LogP contribution in [0.3, 0.4) is 0 Å². The van der Waals surface area contributed by atoms with E-state index >= 15 is 0 Å². The number of Topliss-reactive ketones (excluding diaryl/α,β-unsaturated/α-hetero) is 1. The van der Waals surface area contributed by atoms with E-state index < -0.39 is 0 Å². The number of hydrogen-bond donors (Lipinski definition) is 5. The van der Waals surface area contributed by atoms with Crippen molar-refractivity contribution in [3.63, 3.8) is 0 Å². The molecule has 4 heterocycles. The van der Waals surface area contributed by atoms with Gasteiger partial charge < -0.3 is 26.0 Å². The molecular weight excluding hydrogens is 539 g/mol. The smallest absolute Gasteiger partial charge is 0.870 e. The van der Waals surface area contributed by atoms with Crippen LogP contribution in [0.15, 0.2) is 78.5 Å². The molecule has 0 saturated heterocycles. The third-order valence-corrected chi connectivity index (χ3v) is 4.50. The van der Waals surface area contributed by atoms with E-state index in [-0.39, 0.29) is 69.3 Å². The third-order valence-electron chi connectivity index (χ3n) is 4.50. The average Bonchev–Trinajstić information content (AvgIpc) is 3.46. The summed E-state index contributed by atoms with van der Waals surface area (Å²) in [7, 11) is 0. The summed E-state index contributed by atoms with van der Waals surface area (Å²) in [6.07, 6.45) is 7.07. The molecule has 4 rings (SSSR count). The van der Waals surface area contributed by atoms with Gasteiger partial charge in [-0.2, -0.15) is 0 Å². The molecule has 0 aliphatic heterocycles. The Labute approximate surface area is 278 Å². The van der Waals surface area contributed by atoms with Gasteiger partial charge in [-0.25, -0.2) is 5.90 Å². The van der Waals surface area contributed by atoms with Crippen LogP contribution in [0, 0.1) is 20.8 Å². The number of ketones is 1. The van der Waals surface area contributed by atoms with Crippen LogP contribution in [0.5, 0.6) is 0 Å². The quantitative estimate of drug-likeness (QED) is 0.0789. The van der Waals surface area contributed by atoms with E-state index in [1.54, 1.807) is 32.3 Å². The van der Waals surface area contributed by atoms with E-state index in [1.165, 1.54) is 12.5 Å². The molecule has 0 radical (unpaired) electrons. The van der Waals surface area contributed by atoms with Gasteiger partial charge in [0.05, 0.1) is 17.1 Å². The monoisotopic (exact) mass is 578 g/mol. The minimum absolute atomic E-state index is 0. The van der Waals surface area contributed by atoms with Crippen LogP contribution in [0.1, 0.15) is 53.6 Å². The molecule has 0 fully saturated rings. The number of nitrogens with one attached hydrogen (secondary N) is 1. The summed E-state index contributed by atoms with van der Waals surface area (Å²) in [4.78, 5) is 26.0. The number of aromatic nitrogens is 4. The minimum atomic E-state index is 0. The van der Waals surface area contributed by atoms with Gasteiger partial charge in [-0.05, 0) is 99.8 Å². The molecule has 212 valence electrons. The van der Waals surface area contributed by atoms with Crippen LogP contribution in [-0.4, -0.2) is 59.0 Å². The molecule has 0 unspecified atom stereocenters. The number of hydrogen-bond acceptors (Lipinski definition) is 10. The summed E-state index contributed by atoms with van der Waals surface area (Å²) >= 11 is 0. The van der Waals surface area contributed by atoms with Gasteiger partial charge in [0, 0.05) is 38.3 Å². The normalized spacial score (nSPS) is 9.18. The Balaban J connectivity index is -0.000000465. The summed E-state index contributed by atoms with van der Waals surface area (Å²) < 4.78 is 0. The molecule has 0 atom stereocenters. The average molecular weight is 579 g/mol. The first kappa shape index (κ1) is 41.8. The fraction of sp³-hybridized carbons (Fsp3) is 0.250. The molecule has 0 aliphatic rings. The molecule has 0 bridgehead atoms. The number of carbonyl (C=O) groups is 1. The van der Waals surface area contributed by atoms with E-state index in [1.807, 2.05) is 62.6 Å².